The van der Waals surface area contributed by atoms with Crippen molar-refractivity contribution in [1.29, 1.82) is 0 Å². The second-order valence-corrected chi connectivity index (χ2v) is 2.57. The van der Waals surface area contributed by atoms with Gasteiger partial charge in [0.1, 0.15) is 0 Å². The summed E-state index contributed by atoms with van der Waals surface area (Å²) < 4.78 is 0. The topological polar surface area (TPSA) is 12.4 Å². The summed E-state index contributed by atoms with van der Waals surface area (Å²) in [5.41, 5.74) is 2.39. The van der Waals surface area contributed by atoms with Crippen molar-refractivity contribution in [2.24, 2.45) is 4.99 Å². The third-order valence-corrected chi connectivity index (χ3v) is 1.62. The smallest absolute Gasteiger partial charge is 0.0392 e. The highest BCUT2D eigenvalue weighted by atomic mass is 14.7. The highest BCUT2D eigenvalue weighted by Gasteiger charge is 2.03. The van der Waals surface area contributed by atoms with Crippen LogP contribution in [0.2, 0.25) is 0 Å². The van der Waals surface area contributed by atoms with Crippen LogP contribution in [-0.2, 0) is 0 Å². The monoisotopic (exact) mass is 123 g/mol. The summed E-state index contributed by atoms with van der Waals surface area (Å²) in [6.45, 7) is 6.90. The Labute approximate surface area is 56.5 Å². The van der Waals surface area contributed by atoms with E-state index in [-0.39, 0.29) is 0 Å². The minimum absolute atomic E-state index is 1.02. The molecule has 1 aliphatic heterocycles. The van der Waals surface area contributed by atoms with Crippen LogP contribution in [0.4, 0.5) is 0 Å². The molecule has 0 aromatic heterocycles. The van der Waals surface area contributed by atoms with Crippen molar-refractivity contribution in [3.63, 3.8) is 0 Å². The van der Waals surface area contributed by atoms with Gasteiger partial charge in [-0.3, -0.25) is 4.99 Å². The maximum Gasteiger partial charge on any atom is 0.0392 e. The van der Waals surface area contributed by atoms with Crippen molar-refractivity contribution in [1.82, 2.24) is 0 Å². The molecule has 0 unspecified atom stereocenters. The molecule has 0 fully saturated rings. The SMILES string of the molecule is C=C(C)C1=NCCCC1. The Morgan fingerprint density at radius 2 is 2.33 bits per heavy atom. The molecule has 0 aromatic carbocycles. The van der Waals surface area contributed by atoms with Crippen molar-refractivity contribution in [2.45, 2.75) is 26.2 Å². The van der Waals surface area contributed by atoms with Crippen LogP contribution in [0.3, 0.4) is 0 Å². The third-order valence-electron chi connectivity index (χ3n) is 1.62. The second-order valence-electron chi connectivity index (χ2n) is 2.57. The van der Waals surface area contributed by atoms with Crippen LogP contribution in [0.15, 0.2) is 17.1 Å². The molecule has 1 heterocycles. The van der Waals surface area contributed by atoms with Gasteiger partial charge in [0.25, 0.3) is 0 Å². The van der Waals surface area contributed by atoms with Crippen LogP contribution >= 0.6 is 0 Å². The first-order valence-corrected chi connectivity index (χ1v) is 3.50. The molecular weight excluding hydrogens is 110 g/mol. The molecule has 9 heavy (non-hydrogen) atoms. The molecule has 0 aromatic rings. The average Bonchev–Trinajstić information content (AvgIpc) is 1.90. The van der Waals surface area contributed by atoms with E-state index in [2.05, 4.69) is 11.6 Å². The molecular formula is C8H13N. The largest absolute Gasteiger partial charge is 0.290 e. The molecule has 0 saturated heterocycles. The molecule has 0 bridgehead atoms. The Balaban J connectivity index is 2.57. The summed E-state index contributed by atoms with van der Waals surface area (Å²) in [7, 11) is 0. The maximum absolute atomic E-state index is 4.35. The number of hydrogen-bond acceptors (Lipinski definition) is 1. The van der Waals surface area contributed by atoms with Gasteiger partial charge in [-0.2, -0.15) is 0 Å². The normalized spacial score (nSPS) is 19.0. The minimum atomic E-state index is 1.02. The first-order chi connectivity index (χ1) is 4.30. The molecule has 0 saturated carbocycles. The Morgan fingerprint density at radius 3 is 2.67 bits per heavy atom. The van der Waals surface area contributed by atoms with Crippen molar-refractivity contribution >= 4 is 5.71 Å². The first kappa shape index (κ1) is 6.53. The van der Waals surface area contributed by atoms with Gasteiger partial charge in [0, 0.05) is 12.3 Å². The summed E-state index contributed by atoms with van der Waals surface area (Å²) >= 11 is 0. The molecule has 50 valence electrons. The fraction of sp³-hybridized carbons (Fsp3) is 0.625. The Hall–Kier alpha value is -0.590. The Bertz CT molecular complexity index is 145. The molecule has 1 heteroatoms. The molecule has 1 aliphatic rings. The summed E-state index contributed by atoms with van der Waals surface area (Å²) in [4.78, 5) is 4.35. The minimum Gasteiger partial charge on any atom is -0.290 e. The quantitative estimate of drug-likeness (QED) is 0.507. The zero-order valence-corrected chi connectivity index (χ0v) is 5.98. The standard InChI is InChI=1S/C8H13N/c1-7(2)8-5-3-4-6-9-8/h1,3-6H2,2H3. The van der Waals surface area contributed by atoms with E-state index >= 15 is 0 Å². The summed E-state index contributed by atoms with van der Waals surface area (Å²) in [5, 5.41) is 0. The van der Waals surface area contributed by atoms with Crippen molar-refractivity contribution in [3.05, 3.63) is 12.2 Å². The number of allylic oxidation sites excluding steroid dienone is 1. The number of rotatable bonds is 1. The lowest BCUT2D eigenvalue weighted by Crippen LogP contribution is -2.05. The van der Waals surface area contributed by atoms with Crippen molar-refractivity contribution < 1.29 is 0 Å². The molecule has 0 atom stereocenters. The van der Waals surface area contributed by atoms with Gasteiger partial charge in [-0.05, 0) is 31.8 Å². The summed E-state index contributed by atoms with van der Waals surface area (Å²) in [5.74, 6) is 0. The van der Waals surface area contributed by atoms with Crippen LogP contribution < -0.4 is 0 Å². The van der Waals surface area contributed by atoms with Crippen LogP contribution in [0.1, 0.15) is 26.2 Å². The van der Waals surface area contributed by atoms with Crippen LogP contribution in [0, 0.1) is 0 Å². The van der Waals surface area contributed by atoms with Gasteiger partial charge >= 0.3 is 0 Å². The van der Waals surface area contributed by atoms with Gasteiger partial charge in [-0.1, -0.05) is 6.58 Å². The Kier molecular flexibility index (Phi) is 2.04. The van der Waals surface area contributed by atoms with E-state index in [9.17, 15) is 0 Å². The molecule has 1 nitrogen and oxygen atoms in total. The fourth-order valence-electron chi connectivity index (χ4n) is 1.05. The molecule has 0 aliphatic carbocycles. The van der Waals surface area contributed by atoms with Crippen molar-refractivity contribution in [3.8, 4) is 0 Å². The lowest BCUT2D eigenvalue weighted by atomic mass is 10.0. The molecule has 0 spiro atoms. The highest BCUT2D eigenvalue weighted by molar-refractivity contribution is 5.99. The number of nitrogens with zero attached hydrogens (tertiary/aromatic N) is 1. The maximum atomic E-state index is 4.35. The zero-order valence-electron chi connectivity index (χ0n) is 5.98. The molecule has 0 radical (unpaired) electrons. The van der Waals surface area contributed by atoms with Gasteiger partial charge in [0.05, 0.1) is 0 Å². The Morgan fingerprint density at radius 1 is 1.56 bits per heavy atom. The second kappa shape index (κ2) is 2.81. The van der Waals surface area contributed by atoms with Crippen LogP contribution in [0.25, 0.3) is 0 Å². The van der Waals surface area contributed by atoms with E-state index < -0.39 is 0 Å². The number of hydrogen-bond donors (Lipinski definition) is 0. The van der Waals surface area contributed by atoms with Gasteiger partial charge in [0.15, 0.2) is 0 Å². The van der Waals surface area contributed by atoms with E-state index in [0.717, 1.165) is 18.5 Å². The number of aliphatic imine (C=N–C) groups is 1. The lowest BCUT2D eigenvalue weighted by molar-refractivity contribution is 0.738. The third kappa shape index (κ3) is 1.67. The summed E-state index contributed by atoms with van der Waals surface area (Å²) in [6.07, 6.45) is 3.71. The van der Waals surface area contributed by atoms with E-state index in [1.54, 1.807) is 0 Å². The molecule has 0 N–H and O–H groups in total. The molecule has 1 rings (SSSR count). The zero-order chi connectivity index (χ0) is 6.69. The van der Waals surface area contributed by atoms with E-state index in [0.29, 0.717) is 0 Å². The molecule has 0 amide bonds. The van der Waals surface area contributed by atoms with E-state index in [1.807, 2.05) is 6.92 Å². The first-order valence-electron chi connectivity index (χ1n) is 3.50. The van der Waals surface area contributed by atoms with Gasteiger partial charge in [-0.15, -0.1) is 0 Å². The fourth-order valence-corrected chi connectivity index (χ4v) is 1.05. The van der Waals surface area contributed by atoms with E-state index in [4.69, 9.17) is 0 Å². The van der Waals surface area contributed by atoms with Crippen LogP contribution in [0.5, 0.6) is 0 Å². The predicted molar refractivity (Wildman–Crippen MR) is 41.0 cm³/mol. The highest BCUT2D eigenvalue weighted by Crippen LogP contribution is 2.10. The lowest BCUT2D eigenvalue weighted by Gasteiger charge is -2.10. The van der Waals surface area contributed by atoms with Gasteiger partial charge in [-0.25, -0.2) is 0 Å². The summed E-state index contributed by atoms with van der Waals surface area (Å²) in [6, 6.07) is 0. The van der Waals surface area contributed by atoms with Crippen molar-refractivity contribution in [2.75, 3.05) is 6.54 Å². The average molecular weight is 123 g/mol. The van der Waals surface area contributed by atoms with E-state index in [1.165, 1.54) is 18.6 Å². The van der Waals surface area contributed by atoms with Gasteiger partial charge < -0.3 is 0 Å². The van der Waals surface area contributed by atoms with Gasteiger partial charge in [0.2, 0.25) is 0 Å². The van der Waals surface area contributed by atoms with Crippen LogP contribution in [-0.4, -0.2) is 12.3 Å². The predicted octanol–water partition coefficient (Wildman–Crippen LogP) is 2.19.